The zero-order chi connectivity index (χ0) is 31.2. The van der Waals surface area contributed by atoms with E-state index in [0.29, 0.717) is 23.6 Å². The molecule has 3 atom stereocenters. The Kier molecular flexibility index (Phi) is 9.20. The molecule has 2 amide bonds. The van der Waals surface area contributed by atoms with E-state index < -0.39 is 28.7 Å². The van der Waals surface area contributed by atoms with Gasteiger partial charge in [0.15, 0.2) is 11.0 Å². The van der Waals surface area contributed by atoms with Gasteiger partial charge in [0, 0.05) is 34.4 Å². The topological polar surface area (TPSA) is 74.3 Å². The number of fused-ring (bicyclic) bond motifs is 2. The number of pyridine rings is 1. The molecule has 1 spiro atoms. The molecule has 0 radical (unpaired) electrons. The number of halogens is 3. The summed E-state index contributed by atoms with van der Waals surface area (Å²) in [5.41, 5.74) is -0.182. The number of rotatable bonds is 9. The van der Waals surface area contributed by atoms with Crippen molar-refractivity contribution in [1.82, 2.24) is 15.2 Å². The average molecular weight is 632 g/mol. The zero-order valence-corrected chi connectivity index (χ0v) is 27.5. The Morgan fingerprint density at radius 3 is 2.40 bits per heavy atom. The van der Waals surface area contributed by atoms with Crippen molar-refractivity contribution < 1.29 is 14.0 Å². The van der Waals surface area contributed by atoms with Gasteiger partial charge in [-0.3, -0.25) is 14.5 Å². The average Bonchev–Trinajstić information content (AvgIpc) is 3.37. The van der Waals surface area contributed by atoms with E-state index >= 15 is 4.39 Å². The highest BCUT2D eigenvalue weighted by Gasteiger charge is 2.74. The van der Waals surface area contributed by atoms with Crippen LogP contribution in [0, 0.1) is 11.2 Å². The van der Waals surface area contributed by atoms with Gasteiger partial charge in [0.2, 0.25) is 11.8 Å². The lowest BCUT2D eigenvalue weighted by Gasteiger charge is -2.48. The molecule has 5 rings (SSSR count). The molecule has 2 aliphatic heterocycles. The van der Waals surface area contributed by atoms with E-state index in [1.165, 1.54) is 6.20 Å². The number of hydrogen-bond donors (Lipinski definition) is 2. The van der Waals surface area contributed by atoms with E-state index in [-0.39, 0.29) is 34.0 Å². The van der Waals surface area contributed by atoms with Crippen molar-refractivity contribution in [3.05, 3.63) is 57.6 Å². The van der Waals surface area contributed by atoms with Gasteiger partial charge >= 0.3 is 0 Å². The first-order chi connectivity index (χ1) is 20.4. The molecule has 1 aliphatic carbocycles. The highest BCUT2D eigenvalue weighted by atomic mass is 35.5. The van der Waals surface area contributed by atoms with E-state index in [1.54, 1.807) is 18.2 Å². The quantitative estimate of drug-likeness (QED) is 0.275. The third-order valence-electron chi connectivity index (χ3n) is 10.7. The largest absolute Gasteiger partial charge is 0.352 e. The molecule has 3 aliphatic rings. The molecule has 234 valence electrons. The molecule has 2 fully saturated rings. The van der Waals surface area contributed by atoms with Crippen LogP contribution in [-0.4, -0.2) is 46.4 Å². The normalized spacial score (nSPS) is 26.5. The van der Waals surface area contributed by atoms with Crippen molar-refractivity contribution in [2.75, 3.05) is 12.4 Å². The predicted octanol–water partition coefficient (Wildman–Crippen LogP) is 8.02. The predicted molar refractivity (Wildman–Crippen MR) is 171 cm³/mol. The van der Waals surface area contributed by atoms with E-state index in [1.807, 2.05) is 13.1 Å². The van der Waals surface area contributed by atoms with Crippen LogP contribution >= 0.6 is 23.2 Å². The molecule has 0 unspecified atom stereocenters. The summed E-state index contributed by atoms with van der Waals surface area (Å²) in [5.74, 6) is -1.94. The fourth-order valence-corrected chi connectivity index (χ4v) is 8.75. The summed E-state index contributed by atoms with van der Waals surface area (Å²) in [7, 11) is 1.96. The number of unbranched alkanes of at least 4 members (excludes halogenated alkanes) is 2. The monoisotopic (exact) mass is 630 g/mol. The van der Waals surface area contributed by atoms with Gasteiger partial charge in [-0.1, -0.05) is 82.6 Å². The van der Waals surface area contributed by atoms with Crippen molar-refractivity contribution in [3.63, 3.8) is 0 Å². The van der Waals surface area contributed by atoms with Gasteiger partial charge < -0.3 is 10.6 Å². The molecule has 2 aromatic rings. The number of anilines is 1. The minimum atomic E-state index is -1.27. The van der Waals surface area contributed by atoms with Crippen LogP contribution in [0.15, 0.2) is 30.5 Å². The highest BCUT2D eigenvalue weighted by molar-refractivity contribution is 6.31. The lowest BCUT2D eigenvalue weighted by atomic mass is 9.56. The Bertz CT molecular complexity index is 1370. The molecular weight excluding hydrogens is 586 g/mol. The second-order valence-electron chi connectivity index (χ2n) is 13.7. The zero-order valence-electron chi connectivity index (χ0n) is 26.0. The first-order valence-corrected chi connectivity index (χ1v) is 16.6. The molecule has 1 aromatic heterocycles. The van der Waals surface area contributed by atoms with Crippen LogP contribution in [0.5, 0.6) is 0 Å². The number of benzene rings is 1. The maximum Gasteiger partial charge on any atom is 0.238 e. The van der Waals surface area contributed by atoms with Gasteiger partial charge in [0.05, 0.1) is 6.04 Å². The fourth-order valence-electron chi connectivity index (χ4n) is 8.42. The lowest BCUT2D eigenvalue weighted by molar-refractivity contribution is -0.128. The van der Waals surface area contributed by atoms with E-state index in [0.717, 1.165) is 56.9 Å². The molecule has 2 N–H and O–H groups in total. The summed E-state index contributed by atoms with van der Waals surface area (Å²) >= 11 is 12.7. The molecule has 6 nitrogen and oxygen atoms in total. The van der Waals surface area contributed by atoms with Gasteiger partial charge in [-0.05, 0) is 80.3 Å². The van der Waals surface area contributed by atoms with E-state index in [4.69, 9.17) is 23.2 Å². The van der Waals surface area contributed by atoms with Crippen molar-refractivity contribution in [2.45, 2.75) is 121 Å². The molecule has 1 aromatic carbocycles. The summed E-state index contributed by atoms with van der Waals surface area (Å²) in [6, 6.07) is 6.26. The van der Waals surface area contributed by atoms with Crippen LogP contribution in [-0.2, 0) is 15.0 Å². The van der Waals surface area contributed by atoms with Crippen LogP contribution in [0.2, 0.25) is 10.2 Å². The molecule has 1 saturated heterocycles. The van der Waals surface area contributed by atoms with Crippen LogP contribution in [0.25, 0.3) is 0 Å². The number of nitrogens with zero attached hydrogens (tertiary/aromatic N) is 2. The smallest absolute Gasteiger partial charge is 0.238 e. The number of amides is 2. The number of likely N-dealkylation sites (N-methyl/N-ethyl adjacent to an activating group) is 1. The van der Waals surface area contributed by atoms with Crippen molar-refractivity contribution in [2.24, 2.45) is 5.41 Å². The Labute approximate surface area is 265 Å². The number of likely N-dealkylation sites (tertiary alicyclic amines) is 1. The standard InChI is InChI=1S/C34H45Cl2FN4O2/c1-6-8-15-33(16-9-7-2)34(24-11-10-21(35)20-25(24)40-31(34)43)26(23-14-19-38-29(36)27(23)37)28(41(33)5)30(42)39-22-12-17-32(3,4)18-13-22/h10-11,14,19-20,22,26,28H,6-9,12-13,15-18H2,1-5H3,(H,39,42)(H,40,43)/t26-,28+,34+/m0/s1. The fraction of sp³-hybridized carbons (Fsp3) is 0.618. The maximum absolute atomic E-state index is 16.2. The number of aromatic nitrogens is 1. The second kappa shape index (κ2) is 12.3. The van der Waals surface area contributed by atoms with Crippen LogP contribution in [0.4, 0.5) is 10.1 Å². The first kappa shape index (κ1) is 32.2. The molecular formula is C34H45Cl2FN4O2. The Balaban J connectivity index is 1.76. The van der Waals surface area contributed by atoms with Gasteiger partial charge in [0.1, 0.15) is 5.41 Å². The van der Waals surface area contributed by atoms with E-state index in [2.05, 4.69) is 48.2 Å². The van der Waals surface area contributed by atoms with Gasteiger partial charge in [-0.15, -0.1) is 0 Å². The molecule has 9 heteroatoms. The molecule has 3 heterocycles. The minimum absolute atomic E-state index is 0.0289. The Morgan fingerprint density at radius 2 is 1.77 bits per heavy atom. The van der Waals surface area contributed by atoms with Crippen molar-refractivity contribution >= 4 is 40.7 Å². The number of nitrogens with one attached hydrogen (secondary N) is 2. The van der Waals surface area contributed by atoms with Gasteiger partial charge in [-0.25, -0.2) is 9.37 Å². The summed E-state index contributed by atoms with van der Waals surface area (Å²) in [4.78, 5) is 35.5. The Morgan fingerprint density at radius 1 is 1.12 bits per heavy atom. The summed E-state index contributed by atoms with van der Waals surface area (Å²) in [6.45, 7) is 8.80. The first-order valence-electron chi connectivity index (χ1n) is 15.9. The molecule has 0 bridgehead atoms. The third kappa shape index (κ3) is 5.27. The summed E-state index contributed by atoms with van der Waals surface area (Å²) < 4.78 is 16.2. The number of hydrogen-bond acceptors (Lipinski definition) is 4. The third-order valence-corrected chi connectivity index (χ3v) is 11.2. The van der Waals surface area contributed by atoms with Crippen LogP contribution in [0.1, 0.15) is 109 Å². The van der Waals surface area contributed by atoms with Gasteiger partial charge in [0.25, 0.3) is 0 Å². The molecule has 1 saturated carbocycles. The van der Waals surface area contributed by atoms with E-state index in [9.17, 15) is 9.59 Å². The number of carbonyl (C=O) groups excluding carboxylic acids is 2. The number of carbonyl (C=O) groups is 2. The SMILES string of the molecule is CCCCC1(CCCC)N(C)[C@@H](C(=O)NC2CCC(C)(C)CC2)[C@H](c2ccnc(Cl)c2F)[C@]12C(=O)Nc1cc(Cl)ccc12. The van der Waals surface area contributed by atoms with Crippen LogP contribution in [0.3, 0.4) is 0 Å². The summed E-state index contributed by atoms with van der Waals surface area (Å²) in [6.07, 6.45) is 10.2. The minimum Gasteiger partial charge on any atom is -0.352 e. The second-order valence-corrected chi connectivity index (χ2v) is 14.5. The van der Waals surface area contributed by atoms with Crippen LogP contribution < -0.4 is 10.6 Å². The lowest BCUT2D eigenvalue weighted by Crippen LogP contribution is -2.60. The molecule has 43 heavy (non-hydrogen) atoms. The van der Waals surface area contributed by atoms with Gasteiger partial charge in [-0.2, -0.15) is 0 Å². The maximum atomic E-state index is 16.2. The summed E-state index contributed by atoms with van der Waals surface area (Å²) in [5, 5.41) is 6.73. The van der Waals surface area contributed by atoms with Crippen molar-refractivity contribution in [1.29, 1.82) is 0 Å². The highest BCUT2D eigenvalue weighted by Crippen LogP contribution is 2.65. The Hall–Kier alpha value is -2.22. The van der Waals surface area contributed by atoms with Crippen molar-refractivity contribution in [3.8, 4) is 0 Å².